The van der Waals surface area contributed by atoms with Crippen molar-refractivity contribution in [2.45, 2.75) is 51.8 Å². The minimum Gasteiger partial charge on any atom is -0.454 e. The number of allylic oxidation sites excluding steroid dienone is 4. The van der Waals surface area contributed by atoms with E-state index in [1.165, 1.54) is 23.3 Å². The SMILES string of the molecule is Cc1ccc(COCCCCCC/C=C2/C=C(C(F)(F)F)c3cc4c(cc32)OCO4)cc1. The number of benzene rings is 2. The monoisotopic (exact) mass is 444 g/mol. The number of fused-ring (bicyclic) bond motifs is 2. The zero-order valence-electron chi connectivity index (χ0n) is 18.1. The third-order valence-electron chi connectivity index (χ3n) is 5.72. The highest BCUT2D eigenvalue weighted by Crippen LogP contribution is 2.48. The fraction of sp³-hybridized carbons (Fsp3) is 0.385. The summed E-state index contributed by atoms with van der Waals surface area (Å²) in [4.78, 5) is 0. The van der Waals surface area contributed by atoms with Gasteiger partial charge in [-0.1, -0.05) is 48.7 Å². The van der Waals surface area contributed by atoms with E-state index in [-0.39, 0.29) is 12.4 Å². The lowest BCUT2D eigenvalue weighted by Gasteiger charge is -2.10. The number of hydrogen-bond donors (Lipinski definition) is 0. The first-order chi connectivity index (χ1) is 15.4. The van der Waals surface area contributed by atoms with E-state index in [1.54, 1.807) is 6.07 Å². The summed E-state index contributed by atoms with van der Waals surface area (Å²) in [5.41, 5.74) is 3.12. The van der Waals surface area contributed by atoms with Crippen LogP contribution in [0.15, 0.2) is 48.6 Å². The normalized spacial score (nSPS) is 15.9. The Morgan fingerprint density at radius 2 is 1.62 bits per heavy atom. The smallest absolute Gasteiger partial charge is 0.417 e. The average Bonchev–Trinajstić information content (AvgIpc) is 3.36. The Hall–Kier alpha value is -2.73. The number of hydrogen-bond acceptors (Lipinski definition) is 3. The lowest BCUT2D eigenvalue weighted by Crippen LogP contribution is -2.09. The minimum atomic E-state index is -4.41. The van der Waals surface area contributed by atoms with Gasteiger partial charge in [-0.2, -0.15) is 13.2 Å². The van der Waals surface area contributed by atoms with Crippen molar-refractivity contribution in [3.8, 4) is 11.5 Å². The highest BCUT2D eigenvalue weighted by molar-refractivity contribution is 5.98. The van der Waals surface area contributed by atoms with E-state index in [0.29, 0.717) is 35.8 Å². The molecule has 2 aromatic rings. The maximum absolute atomic E-state index is 13.5. The van der Waals surface area contributed by atoms with Crippen LogP contribution in [0.4, 0.5) is 13.2 Å². The van der Waals surface area contributed by atoms with E-state index in [2.05, 4.69) is 31.2 Å². The van der Waals surface area contributed by atoms with Gasteiger partial charge >= 0.3 is 6.18 Å². The van der Waals surface area contributed by atoms with Crippen LogP contribution >= 0.6 is 0 Å². The number of rotatable bonds is 9. The summed E-state index contributed by atoms with van der Waals surface area (Å²) in [6, 6.07) is 11.4. The molecule has 0 bridgehead atoms. The van der Waals surface area contributed by atoms with Crippen LogP contribution in [0.3, 0.4) is 0 Å². The van der Waals surface area contributed by atoms with Crippen molar-refractivity contribution in [3.05, 3.63) is 70.8 Å². The van der Waals surface area contributed by atoms with Crippen LogP contribution in [0, 0.1) is 6.92 Å². The van der Waals surface area contributed by atoms with E-state index in [0.717, 1.165) is 32.1 Å². The molecule has 0 saturated carbocycles. The molecule has 1 aliphatic heterocycles. The van der Waals surface area contributed by atoms with Crippen molar-refractivity contribution in [3.63, 3.8) is 0 Å². The van der Waals surface area contributed by atoms with Crippen molar-refractivity contribution in [2.24, 2.45) is 0 Å². The van der Waals surface area contributed by atoms with Gasteiger partial charge in [-0.25, -0.2) is 0 Å². The van der Waals surface area contributed by atoms with Crippen molar-refractivity contribution in [1.82, 2.24) is 0 Å². The number of unbranched alkanes of at least 4 members (excludes halogenated alkanes) is 4. The summed E-state index contributed by atoms with van der Waals surface area (Å²) in [6.07, 6.45) is 3.42. The van der Waals surface area contributed by atoms with E-state index >= 15 is 0 Å². The summed E-state index contributed by atoms with van der Waals surface area (Å²) >= 11 is 0. The summed E-state index contributed by atoms with van der Waals surface area (Å²) in [7, 11) is 0. The number of alkyl halides is 3. The van der Waals surface area contributed by atoms with Gasteiger partial charge in [0.2, 0.25) is 6.79 Å². The van der Waals surface area contributed by atoms with Crippen molar-refractivity contribution in [2.75, 3.05) is 13.4 Å². The van der Waals surface area contributed by atoms with Crippen molar-refractivity contribution < 1.29 is 27.4 Å². The van der Waals surface area contributed by atoms with Crippen LogP contribution in [0.2, 0.25) is 0 Å². The van der Waals surface area contributed by atoms with E-state index in [1.807, 2.05) is 6.08 Å². The molecule has 3 nitrogen and oxygen atoms in total. The first-order valence-electron chi connectivity index (χ1n) is 11.0. The molecular formula is C26H27F3O3. The second-order valence-corrected chi connectivity index (χ2v) is 8.21. The third kappa shape index (κ3) is 5.36. The molecule has 2 aliphatic rings. The van der Waals surface area contributed by atoms with Gasteiger partial charge in [-0.15, -0.1) is 0 Å². The van der Waals surface area contributed by atoms with Gasteiger partial charge in [0.15, 0.2) is 11.5 Å². The molecule has 0 N–H and O–H groups in total. The molecule has 32 heavy (non-hydrogen) atoms. The van der Waals surface area contributed by atoms with E-state index < -0.39 is 11.7 Å². The van der Waals surface area contributed by atoms with E-state index in [4.69, 9.17) is 14.2 Å². The van der Waals surface area contributed by atoms with E-state index in [9.17, 15) is 13.2 Å². The Morgan fingerprint density at radius 3 is 2.34 bits per heavy atom. The second-order valence-electron chi connectivity index (χ2n) is 8.21. The van der Waals surface area contributed by atoms with Gasteiger partial charge in [0, 0.05) is 6.61 Å². The summed E-state index contributed by atoms with van der Waals surface area (Å²) in [5, 5.41) is 0. The maximum atomic E-state index is 13.5. The number of aryl methyl sites for hydroxylation is 1. The van der Waals surface area contributed by atoms with Crippen LogP contribution in [0.25, 0.3) is 11.1 Å². The Morgan fingerprint density at radius 1 is 0.938 bits per heavy atom. The molecular weight excluding hydrogens is 417 g/mol. The highest BCUT2D eigenvalue weighted by atomic mass is 19.4. The highest BCUT2D eigenvalue weighted by Gasteiger charge is 2.40. The van der Waals surface area contributed by atoms with Gasteiger partial charge in [0.1, 0.15) is 0 Å². The molecule has 2 aromatic carbocycles. The molecule has 0 unspecified atom stereocenters. The molecule has 4 rings (SSSR count). The van der Waals surface area contributed by atoms with Crippen molar-refractivity contribution in [1.29, 1.82) is 0 Å². The maximum Gasteiger partial charge on any atom is 0.417 e. The largest absolute Gasteiger partial charge is 0.454 e. The standard InChI is InChI=1S/C26H27F3O3/c1-18-8-10-19(11-9-18)16-30-12-6-4-2-3-5-7-20-13-23(26(27,28)29)22-15-25-24(14-21(20)22)31-17-32-25/h7-11,13-15H,2-6,12,16-17H2,1H3/b20-7-. The Kier molecular flexibility index (Phi) is 6.89. The van der Waals surface area contributed by atoms with Gasteiger partial charge in [-0.05, 0) is 66.7 Å². The topological polar surface area (TPSA) is 27.7 Å². The average molecular weight is 444 g/mol. The third-order valence-corrected chi connectivity index (χ3v) is 5.72. The molecule has 0 atom stereocenters. The quantitative estimate of drug-likeness (QED) is 0.382. The van der Waals surface area contributed by atoms with Crippen LogP contribution in [-0.4, -0.2) is 19.6 Å². The first kappa shape index (κ1) is 22.5. The molecule has 0 amide bonds. The fourth-order valence-corrected chi connectivity index (χ4v) is 3.95. The molecule has 1 aliphatic carbocycles. The van der Waals surface area contributed by atoms with Gasteiger partial charge in [-0.3, -0.25) is 0 Å². The molecule has 0 spiro atoms. The van der Waals surface area contributed by atoms with Gasteiger partial charge < -0.3 is 14.2 Å². The first-order valence-corrected chi connectivity index (χ1v) is 11.0. The van der Waals surface area contributed by atoms with Crippen LogP contribution < -0.4 is 9.47 Å². The van der Waals surface area contributed by atoms with Crippen LogP contribution in [0.5, 0.6) is 11.5 Å². The predicted octanol–water partition coefficient (Wildman–Crippen LogP) is 7.23. The van der Waals surface area contributed by atoms with Gasteiger partial charge in [0.05, 0.1) is 12.2 Å². The fourth-order valence-electron chi connectivity index (χ4n) is 3.95. The predicted molar refractivity (Wildman–Crippen MR) is 118 cm³/mol. The second kappa shape index (κ2) is 9.82. The Labute approximate surface area is 186 Å². The molecule has 6 heteroatoms. The summed E-state index contributed by atoms with van der Waals surface area (Å²) in [5.74, 6) is 0.863. The minimum absolute atomic E-state index is 0.0388. The lowest BCUT2D eigenvalue weighted by atomic mass is 10.0. The molecule has 0 fully saturated rings. The zero-order valence-corrected chi connectivity index (χ0v) is 18.1. The lowest BCUT2D eigenvalue weighted by molar-refractivity contribution is -0.0687. The molecule has 0 radical (unpaired) electrons. The number of ether oxygens (including phenoxy) is 3. The van der Waals surface area contributed by atoms with Crippen molar-refractivity contribution >= 4 is 11.1 Å². The number of halogens is 3. The molecule has 0 aromatic heterocycles. The molecule has 0 saturated heterocycles. The van der Waals surface area contributed by atoms with Crippen LogP contribution in [-0.2, 0) is 11.3 Å². The van der Waals surface area contributed by atoms with Gasteiger partial charge in [0.25, 0.3) is 0 Å². The Bertz CT molecular complexity index is 1000. The molecule has 170 valence electrons. The zero-order chi connectivity index (χ0) is 22.6. The molecule has 1 heterocycles. The Balaban J connectivity index is 1.23. The van der Waals surface area contributed by atoms with Crippen LogP contribution in [0.1, 0.15) is 54.4 Å². The summed E-state index contributed by atoms with van der Waals surface area (Å²) < 4.78 is 56.8. The summed E-state index contributed by atoms with van der Waals surface area (Å²) in [6.45, 7) is 3.44.